The fourth-order valence-electron chi connectivity index (χ4n) is 2.09. The molecule has 1 heterocycles. The van der Waals surface area contributed by atoms with Gasteiger partial charge in [0.15, 0.2) is 0 Å². The number of alkyl halides is 2. The molecule has 0 spiro atoms. The van der Waals surface area contributed by atoms with E-state index in [0.29, 0.717) is 18.7 Å². The summed E-state index contributed by atoms with van der Waals surface area (Å²) in [6.45, 7) is 2.69. The summed E-state index contributed by atoms with van der Waals surface area (Å²) >= 11 is 0. The van der Waals surface area contributed by atoms with E-state index in [1.54, 1.807) is 4.90 Å². The maximum Gasteiger partial charge on any atom is 0.337 e. The van der Waals surface area contributed by atoms with Gasteiger partial charge in [-0.05, 0) is 17.7 Å². The topological polar surface area (TPSA) is 66.5 Å². The molecule has 0 aliphatic carbocycles. The van der Waals surface area contributed by atoms with Gasteiger partial charge in [0.2, 0.25) is 9.84 Å². The normalized spacial score (nSPS) is 15.5. The SMILES string of the molecule is Cl.O=C(c1ccc(CS(=O)(=O)C(F)F)cc1)N1CCNCC1. The zero-order chi connectivity index (χ0) is 15.5. The van der Waals surface area contributed by atoms with Crippen LogP contribution >= 0.6 is 12.4 Å². The fraction of sp³-hybridized carbons (Fsp3) is 0.462. The van der Waals surface area contributed by atoms with Crippen LogP contribution in [-0.4, -0.2) is 51.2 Å². The van der Waals surface area contributed by atoms with Crippen LogP contribution in [0.15, 0.2) is 24.3 Å². The Morgan fingerprint density at radius 3 is 2.23 bits per heavy atom. The smallest absolute Gasteiger partial charge is 0.336 e. The molecular weight excluding hydrogens is 338 g/mol. The van der Waals surface area contributed by atoms with Crippen LogP contribution in [0, 0.1) is 0 Å². The van der Waals surface area contributed by atoms with Crippen LogP contribution < -0.4 is 5.32 Å². The summed E-state index contributed by atoms with van der Waals surface area (Å²) in [5.41, 5.74) is 0.669. The van der Waals surface area contributed by atoms with Crippen molar-refractivity contribution in [2.45, 2.75) is 11.5 Å². The van der Waals surface area contributed by atoms with E-state index in [1.165, 1.54) is 24.3 Å². The number of nitrogens with one attached hydrogen (secondary N) is 1. The van der Waals surface area contributed by atoms with Gasteiger partial charge in [-0.2, -0.15) is 8.78 Å². The summed E-state index contributed by atoms with van der Waals surface area (Å²) in [5, 5.41) is 3.13. The van der Waals surface area contributed by atoms with Gasteiger partial charge in [-0.25, -0.2) is 8.42 Å². The third-order valence-corrected chi connectivity index (χ3v) is 4.52. The van der Waals surface area contributed by atoms with E-state index in [9.17, 15) is 22.0 Å². The molecule has 1 aliphatic heterocycles. The minimum atomic E-state index is -4.44. The second-order valence-electron chi connectivity index (χ2n) is 4.81. The zero-order valence-electron chi connectivity index (χ0n) is 11.7. The molecule has 0 saturated carbocycles. The van der Waals surface area contributed by atoms with E-state index in [1.807, 2.05) is 0 Å². The van der Waals surface area contributed by atoms with Crippen molar-refractivity contribution in [2.75, 3.05) is 26.2 Å². The Hall–Kier alpha value is -1.25. The summed E-state index contributed by atoms with van der Waals surface area (Å²) in [7, 11) is -4.44. The van der Waals surface area contributed by atoms with E-state index in [0.717, 1.165) is 13.1 Å². The molecule has 0 unspecified atom stereocenters. The predicted octanol–water partition coefficient (Wildman–Crippen LogP) is 1.29. The van der Waals surface area contributed by atoms with Crippen molar-refractivity contribution in [1.82, 2.24) is 10.2 Å². The molecule has 1 aromatic rings. The minimum absolute atomic E-state index is 0. The van der Waals surface area contributed by atoms with Crippen LogP contribution in [-0.2, 0) is 15.6 Å². The van der Waals surface area contributed by atoms with Gasteiger partial charge in [-0.1, -0.05) is 12.1 Å². The lowest BCUT2D eigenvalue weighted by Crippen LogP contribution is -2.46. The highest BCUT2D eigenvalue weighted by molar-refractivity contribution is 7.90. The van der Waals surface area contributed by atoms with Crippen LogP contribution in [0.2, 0.25) is 0 Å². The Labute approximate surface area is 134 Å². The van der Waals surface area contributed by atoms with Crippen molar-refractivity contribution in [3.05, 3.63) is 35.4 Å². The van der Waals surface area contributed by atoms with Gasteiger partial charge in [0, 0.05) is 31.7 Å². The molecule has 0 aromatic heterocycles. The molecule has 1 aromatic carbocycles. The first-order valence-electron chi connectivity index (χ1n) is 6.49. The second kappa shape index (κ2) is 7.85. The third-order valence-electron chi connectivity index (χ3n) is 3.24. The number of benzene rings is 1. The average Bonchev–Trinajstić information content (AvgIpc) is 2.48. The van der Waals surface area contributed by atoms with Gasteiger partial charge < -0.3 is 10.2 Å². The lowest BCUT2D eigenvalue weighted by molar-refractivity contribution is 0.0736. The molecule has 124 valence electrons. The molecule has 1 aliphatic rings. The summed E-state index contributed by atoms with van der Waals surface area (Å²) in [6, 6.07) is 5.74. The maximum atomic E-state index is 12.3. The van der Waals surface area contributed by atoms with Crippen LogP contribution in [0.5, 0.6) is 0 Å². The number of hydrogen-bond donors (Lipinski definition) is 1. The number of nitrogens with zero attached hydrogens (tertiary/aromatic N) is 1. The molecule has 0 atom stereocenters. The van der Waals surface area contributed by atoms with Gasteiger partial charge >= 0.3 is 5.76 Å². The largest absolute Gasteiger partial charge is 0.337 e. The van der Waals surface area contributed by atoms with Crippen molar-refractivity contribution in [2.24, 2.45) is 0 Å². The number of carbonyl (C=O) groups is 1. The van der Waals surface area contributed by atoms with Crippen molar-refractivity contribution in [3.8, 4) is 0 Å². The van der Waals surface area contributed by atoms with Gasteiger partial charge in [0.1, 0.15) is 0 Å². The van der Waals surface area contributed by atoms with Gasteiger partial charge in [-0.15, -0.1) is 12.4 Å². The van der Waals surface area contributed by atoms with E-state index in [2.05, 4.69) is 5.32 Å². The highest BCUT2D eigenvalue weighted by atomic mass is 35.5. The molecular formula is C13H17ClF2N2O3S. The van der Waals surface area contributed by atoms with Crippen LogP contribution in [0.4, 0.5) is 8.78 Å². The molecule has 22 heavy (non-hydrogen) atoms. The molecule has 9 heteroatoms. The predicted molar refractivity (Wildman–Crippen MR) is 81.1 cm³/mol. The molecule has 5 nitrogen and oxygen atoms in total. The number of carbonyl (C=O) groups excluding carboxylic acids is 1. The van der Waals surface area contributed by atoms with Crippen LogP contribution in [0.3, 0.4) is 0 Å². The monoisotopic (exact) mass is 354 g/mol. The lowest BCUT2D eigenvalue weighted by Gasteiger charge is -2.27. The van der Waals surface area contributed by atoms with Crippen molar-refractivity contribution < 1.29 is 22.0 Å². The fourth-order valence-corrected chi connectivity index (χ4v) is 2.87. The van der Waals surface area contributed by atoms with E-state index < -0.39 is 21.3 Å². The second-order valence-corrected chi connectivity index (χ2v) is 6.78. The van der Waals surface area contributed by atoms with Crippen LogP contribution in [0.1, 0.15) is 15.9 Å². The third kappa shape index (κ3) is 4.62. The quantitative estimate of drug-likeness (QED) is 0.885. The summed E-state index contributed by atoms with van der Waals surface area (Å²) in [5.74, 6) is -4.26. The van der Waals surface area contributed by atoms with Gasteiger partial charge in [-0.3, -0.25) is 4.79 Å². The van der Waals surface area contributed by atoms with Crippen LogP contribution in [0.25, 0.3) is 0 Å². The summed E-state index contributed by atoms with van der Waals surface area (Å²) in [4.78, 5) is 13.9. The highest BCUT2D eigenvalue weighted by Crippen LogP contribution is 2.15. The standard InChI is InChI=1S/C13H16F2N2O3S.ClH/c14-13(15)21(19,20)9-10-1-3-11(4-2-10)12(18)17-7-5-16-6-8-17;/h1-4,13,16H,5-9H2;1H. The van der Waals surface area contributed by atoms with E-state index >= 15 is 0 Å². The number of piperazine rings is 1. The number of amides is 1. The first-order valence-corrected chi connectivity index (χ1v) is 8.20. The molecule has 1 N–H and O–H groups in total. The van der Waals surface area contributed by atoms with Crippen molar-refractivity contribution >= 4 is 28.2 Å². The Bertz CT molecular complexity index is 602. The Kier molecular flexibility index (Phi) is 6.70. The number of rotatable bonds is 4. The Morgan fingerprint density at radius 1 is 1.18 bits per heavy atom. The summed E-state index contributed by atoms with van der Waals surface area (Å²) < 4.78 is 46.9. The lowest BCUT2D eigenvalue weighted by atomic mass is 10.1. The minimum Gasteiger partial charge on any atom is -0.336 e. The Balaban J connectivity index is 0.00000242. The first kappa shape index (κ1) is 18.8. The van der Waals surface area contributed by atoms with E-state index in [4.69, 9.17) is 0 Å². The molecule has 0 bridgehead atoms. The Morgan fingerprint density at radius 2 is 1.73 bits per heavy atom. The van der Waals surface area contributed by atoms with Crippen molar-refractivity contribution in [3.63, 3.8) is 0 Å². The molecule has 0 radical (unpaired) electrons. The summed E-state index contributed by atoms with van der Waals surface area (Å²) in [6.07, 6.45) is 0. The van der Waals surface area contributed by atoms with E-state index in [-0.39, 0.29) is 23.9 Å². The molecule has 1 fully saturated rings. The average molecular weight is 355 g/mol. The zero-order valence-corrected chi connectivity index (χ0v) is 13.3. The van der Waals surface area contributed by atoms with Gasteiger partial charge in [0.05, 0.1) is 5.75 Å². The number of halogens is 3. The molecule has 1 saturated heterocycles. The number of sulfone groups is 1. The molecule has 1 amide bonds. The molecule has 2 rings (SSSR count). The highest BCUT2D eigenvalue weighted by Gasteiger charge is 2.24. The first-order chi connectivity index (χ1) is 9.90. The number of hydrogen-bond acceptors (Lipinski definition) is 4. The van der Waals surface area contributed by atoms with Crippen molar-refractivity contribution in [1.29, 1.82) is 0 Å². The maximum absolute atomic E-state index is 12.3. The van der Waals surface area contributed by atoms with Gasteiger partial charge in [0.25, 0.3) is 5.91 Å².